The van der Waals surface area contributed by atoms with Crippen molar-refractivity contribution < 1.29 is 12.9 Å². The van der Waals surface area contributed by atoms with Crippen molar-refractivity contribution in [2.75, 3.05) is 0 Å². The van der Waals surface area contributed by atoms with E-state index >= 15 is 0 Å². The van der Waals surface area contributed by atoms with E-state index in [9.17, 15) is 8.42 Å². The topological polar surface area (TPSA) is 85.1 Å². The molecule has 92 valence electrons. The first-order chi connectivity index (χ1) is 8.07. The summed E-state index contributed by atoms with van der Waals surface area (Å²) in [7, 11) is -3.41. The number of rotatable bonds is 5. The summed E-state index contributed by atoms with van der Waals surface area (Å²) in [6, 6.07) is 0. The summed E-state index contributed by atoms with van der Waals surface area (Å²) in [5, 5.41) is 5.43. The quantitative estimate of drug-likeness (QED) is 0.880. The third kappa shape index (κ3) is 3.35. The number of aryl methyl sites for hydroxylation is 1. The van der Waals surface area contributed by atoms with Crippen molar-refractivity contribution in [3.05, 3.63) is 34.1 Å². The number of nitrogens with one attached hydrogen (secondary N) is 1. The highest BCUT2D eigenvalue weighted by Gasteiger charge is 2.15. The van der Waals surface area contributed by atoms with Crippen LogP contribution < -0.4 is 4.72 Å². The van der Waals surface area contributed by atoms with E-state index in [1.807, 2.05) is 0 Å². The van der Waals surface area contributed by atoms with E-state index in [0.29, 0.717) is 11.4 Å². The minimum absolute atomic E-state index is 0.181. The van der Waals surface area contributed by atoms with E-state index in [1.165, 1.54) is 17.6 Å². The lowest BCUT2D eigenvalue weighted by molar-refractivity contribution is 0.413. The van der Waals surface area contributed by atoms with Crippen LogP contribution in [0.4, 0.5) is 0 Å². The van der Waals surface area contributed by atoms with E-state index in [2.05, 4.69) is 19.4 Å². The molecule has 8 heteroatoms. The molecule has 0 amide bonds. The molecule has 6 nitrogen and oxygen atoms in total. The Morgan fingerprint density at radius 3 is 2.94 bits per heavy atom. The van der Waals surface area contributed by atoms with Crippen LogP contribution in [0, 0.1) is 6.92 Å². The molecular weight excluding hydrogens is 262 g/mol. The summed E-state index contributed by atoms with van der Waals surface area (Å²) >= 11 is 1.42. The van der Waals surface area contributed by atoms with Gasteiger partial charge in [-0.1, -0.05) is 5.16 Å². The fourth-order valence-electron chi connectivity index (χ4n) is 1.19. The Bertz CT molecular complexity index is 574. The Kier molecular flexibility index (Phi) is 3.55. The van der Waals surface area contributed by atoms with E-state index in [-0.39, 0.29) is 12.3 Å². The van der Waals surface area contributed by atoms with Gasteiger partial charge < -0.3 is 4.52 Å². The van der Waals surface area contributed by atoms with Crippen molar-refractivity contribution in [1.29, 1.82) is 0 Å². The van der Waals surface area contributed by atoms with Crippen LogP contribution in [0.5, 0.6) is 0 Å². The molecule has 0 aliphatic carbocycles. The van der Waals surface area contributed by atoms with Crippen molar-refractivity contribution in [3.8, 4) is 0 Å². The standard InChI is InChI=1S/C9H11N3O3S2/c1-7-3-15-12-9(7)5-17(13,14)11-2-8-4-16-6-10-8/h3-4,6,11H,2,5H2,1H3. The molecule has 2 rings (SSSR count). The maximum absolute atomic E-state index is 11.7. The molecule has 2 heterocycles. The Labute approximate surface area is 103 Å². The lowest BCUT2D eigenvalue weighted by Crippen LogP contribution is -2.25. The van der Waals surface area contributed by atoms with Crippen molar-refractivity contribution in [3.63, 3.8) is 0 Å². The molecule has 0 spiro atoms. The van der Waals surface area contributed by atoms with Gasteiger partial charge in [-0.05, 0) is 6.92 Å². The van der Waals surface area contributed by atoms with Gasteiger partial charge in [-0.25, -0.2) is 18.1 Å². The molecule has 2 aromatic rings. The van der Waals surface area contributed by atoms with Crippen LogP contribution in [0.25, 0.3) is 0 Å². The molecule has 17 heavy (non-hydrogen) atoms. The molecule has 0 aliphatic heterocycles. The summed E-state index contributed by atoms with van der Waals surface area (Å²) in [6.07, 6.45) is 1.42. The van der Waals surface area contributed by atoms with Crippen LogP contribution in [0.1, 0.15) is 17.0 Å². The largest absolute Gasteiger partial charge is 0.364 e. The number of sulfonamides is 1. The molecular formula is C9H11N3O3S2. The van der Waals surface area contributed by atoms with E-state index < -0.39 is 10.0 Å². The Morgan fingerprint density at radius 1 is 1.53 bits per heavy atom. The minimum atomic E-state index is -3.41. The Balaban J connectivity index is 1.98. The number of nitrogens with zero attached hydrogens (tertiary/aromatic N) is 2. The van der Waals surface area contributed by atoms with Gasteiger partial charge in [0.25, 0.3) is 0 Å². The maximum Gasteiger partial charge on any atom is 0.217 e. The van der Waals surface area contributed by atoms with Crippen LogP contribution in [0.15, 0.2) is 21.7 Å². The first-order valence-electron chi connectivity index (χ1n) is 4.81. The SMILES string of the molecule is Cc1conc1CS(=O)(=O)NCc1cscn1. The third-order valence-electron chi connectivity index (χ3n) is 2.13. The summed E-state index contributed by atoms with van der Waals surface area (Å²) in [4.78, 5) is 3.99. The van der Waals surface area contributed by atoms with Crippen LogP contribution in [0.2, 0.25) is 0 Å². The van der Waals surface area contributed by atoms with Gasteiger partial charge in [-0.15, -0.1) is 11.3 Å². The van der Waals surface area contributed by atoms with Gasteiger partial charge in [0.2, 0.25) is 10.0 Å². The molecule has 0 saturated heterocycles. The summed E-state index contributed by atoms with van der Waals surface area (Å²) < 4.78 is 30.6. The number of hydrogen-bond donors (Lipinski definition) is 1. The highest BCUT2D eigenvalue weighted by atomic mass is 32.2. The molecule has 2 aromatic heterocycles. The second-order valence-corrected chi connectivity index (χ2v) is 6.03. The van der Waals surface area contributed by atoms with Gasteiger partial charge >= 0.3 is 0 Å². The number of aromatic nitrogens is 2. The Hall–Kier alpha value is -1.25. The average Bonchev–Trinajstić information content (AvgIpc) is 2.88. The van der Waals surface area contributed by atoms with Crippen molar-refractivity contribution in [1.82, 2.24) is 14.9 Å². The van der Waals surface area contributed by atoms with Crippen molar-refractivity contribution >= 4 is 21.4 Å². The average molecular weight is 273 g/mol. The second kappa shape index (κ2) is 4.94. The summed E-state index contributed by atoms with van der Waals surface area (Å²) in [5.41, 5.74) is 3.51. The molecule has 0 unspecified atom stereocenters. The van der Waals surface area contributed by atoms with Gasteiger partial charge in [0, 0.05) is 10.9 Å². The lowest BCUT2D eigenvalue weighted by Gasteiger charge is -2.03. The van der Waals surface area contributed by atoms with Crippen molar-refractivity contribution in [2.45, 2.75) is 19.2 Å². The molecule has 0 radical (unpaired) electrons. The minimum Gasteiger partial charge on any atom is -0.364 e. The van der Waals surface area contributed by atoms with Crippen LogP contribution >= 0.6 is 11.3 Å². The molecule has 0 aliphatic rings. The predicted octanol–water partition coefficient (Wildman–Crippen LogP) is 1.06. The molecule has 0 bridgehead atoms. The molecule has 1 N–H and O–H groups in total. The summed E-state index contributed by atoms with van der Waals surface area (Å²) in [5.74, 6) is -0.181. The number of hydrogen-bond acceptors (Lipinski definition) is 6. The Morgan fingerprint density at radius 2 is 2.35 bits per heavy atom. The first kappa shape index (κ1) is 12.2. The fourth-order valence-corrected chi connectivity index (χ4v) is 2.86. The fraction of sp³-hybridized carbons (Fsp3) is 0.333. The van der Waals surface area contributed by atoms with Gasteiger partial charge in [0.1, 0.15) is 17.7 Å². The van der Waals surface area contributed by atoms with Gasteiger partial charge in [-0.2, -0.15) is 0 Å². The summed E-state index contributed by atoms with van der Waals surface area (Å²) in [6.45, 7) is 1.95. The molecule has 0 fully saturated rings. The van der Waals surface area contributed by atoms with E-state index in [0.717, 1.165) is 5.56 Å². The normalized spacial score (nSPS) is 11.8. The van der Waals surface area contributed by atoms with E-state index in [1.54, 1.807) is 17.8 Å². The monoisotopic (exact) mass is 273 g/mol. The molecule has 0 saturated carbocycles. The van der Waals surface area contributed by atoms with E-state index in [4.69, 9.17) is 0 Å². The van der Waals surface area contributed by atoms with Crippen LogP contribution in [-0.2, 0) is 22.3 Å². The van der Waals surface area contributed by atoms with Gasteiger partial charge in [0.05, 0.1) is 17.7 Å². The predicted molar refractivity (Wildman–Crippen MR) is 62.8 cm³/mol. The second-order valence-electron chi connectivity index (χ2n) is 3.50. The zero-order valence-electron chi connectivity index (χ0n) is 9.08. The highest BCUT2D eigenvalue weighted by Crippen LogP contribution is 2.09. The smallest absolute Gasteiger partial charge is 0.217 e. The van der Waals surface area contributed by atoms with Crippen LogP contribution in [0.3, 0.4) is 0 Å². The first-order valence-corrected chi connectivity index (χ1v) is 7.40. The number of thiazole rings is 1. The third-order valence-corrected chi connectivity index (χ3v) is 4.00. The zero-order valence-corrected chi connectivity index (χ0v) is 10.7. The van der Waals surface area contributed by atoms with Gasteiger partial charge in [-0.3, -0.25) is 0 Å². The van der Waals surface area contributed by atoms with Crippen molar-refractivity contribution in [2.24, 2.45) is 0 Å². The maximum atomic E-state index is 11.7. The highest BCUT2D eigenvalue weighted by molar-refractivity contribution is 7.88. The molecule has 0 aromatic carbocycles. The van der Waals surface area contributed by atoms with Crippen LogP contribution in [-0.4, -0.2) is 18.6 Å². The lowest BCUT2D eigenvalue weighted by atomic mass is 10.3. The van der Waals surface area contributed by atoms with Gasteiger partial charge in [0.15, 0.2) is 0 Å². The molecule has 0 atom stereocenters. The zero-order chi connectivity index (χ0) is 12.3.